The number of aliphatic hydroxyl groups is 2. The zero-order valence-electron chi connectivity index (χ0n) is 22.9. The van der Waals surface area contributed by atoms with Gasteiger partial charge >= 0.3 is 0 Å². The summed E-state index contributed by atoms with van der Waals surface area (Å²) in [4.78, 5) is 43.4. The van der Waals surface area contributed by atoms with Gasteiger partial charge in [0, 0.05) is 20.4 Å². The molecule has 3 unspecified atom stereocenters. The molecule has 3 atom stereocenters. The van der Waals surface area contributed by atoms with Crippen molar-refractivity contribution in [3.63, 3.8) is 0 Å². The minimum Gasteiger partial charge on any atom is -0.511 e. The standard InChI is InChI=1S/C26H29NO7.C2H7N.H2O.2H2/c1-11(27-34-26(3,4)5)15-6-7-17(29)22-16(15)9-13-8-14-10-18(30)19(12(2)28)23(31)21(14)24(32)20(13)25(22)33;1-3-2;;;/h6-7,13-14,21,29,31,33H,8-10H2,1-5H3;3H,1-2H3;1H2;2*1H/b27-11+;;;;. The van der Waals surface area contributed by atoms with E-state index in [1.165, 1.54) is 13.0 Å². The van der Waals surface area contributed by atoms with Gasteiger partial charge in [0.25, 0.3) is 0 Å². The third kappa shape index (κ3) is 5.66. The van der Waals surface area contributed by atoms with E-state index in [4.69, 9.17) is 4.84 Å². The van der Waals surface area contributed by atoms with Crippen molar-refractivity contribution in [2.45, 2.75) is 59.5 Å². The number of nitrogens with zero attached hydrogens (tertiary/aromatic N) is 1. The Morgan fingerprint density at radius 2 is 1.71 bits per heavy atom. The van der Waals surface area contributed by atoms with Gasteiger partial charge in [-0.25, -0.2) is 0 Å². The predicted octanol–water partition coefficient (Wildman–Crippen LogP) is 3.45. The average molecular weight is 535 g/mol. The summed E-state index contributed by atoms with van der Waals surface area (Å²) in [7, 11) is 3.75. The van der Waals surface area contributed by atoms with Crippen molar-refractivity contribution < 1.29 is 42.9 Å². The Kier molecular flexibility index (Phi) is 9.29. The fourth-order valence-corrected chi connectivity index (χ4v) is 5.35. The third-order valence-corrected chi connectivity index (χ3v) is 6.72. The summed E-state index contributed by atoms with van der Waals surface area (Å²) in [5.41, 5.74) is 1.32. The lowest BCUT2D eigenvalue weighted by Crippen LogP contribution is -2.43. The predicted molar refractivity (Wildman–Crippen MR) is 147 cm³/mol. The Morgan fingerprint density at radius 3 is 2.26 bits per heavy atom. The van der Waals surface area contributed by atoms with Crippen LogP contribution in [0.3, 0.4) is 0 Å². The smallest absolute Gasteiger partial charge is 0.173 e. The number of aromatic hydroxyl groups is 1. The van der Waals surface area contributed by atoms with Crippen molar-refractivity contribution in [3.05, 3.63) is 45.7 Å². The van der Waals surface area contributed by atoms with Gasteiger partial charge in [0.1, 0.15) is 22.9 Å². The number of hydrogen-bond donors (Lipinski definition) is 4. The van der Waals surface area contributed by atoms with Gasteiger partial charge in [-0.2, -0.15) is 0 Å². The highest BCUT2D eigenvalue weighted by molar-refractivity contribution is 6.22. The summed E-state index contributed by atoms with van der Waals surface area (Å²) in [6.45, 7) is 8.55. The molecule has 0 bridgehead atoms. The molecule has 6 N–H and O–H groups in total. The number of Topliss-reactive ketones (excluding diaryl/α,β-unsaturated/α-hetero) is 3. The fraction of sp³-hybridized carbons (Fsp3) is 0.500. The van der Waals surface area contributed by atoms with Crippen molar-refractivity contribution in [3.8, 4) is 5.75 Å². The number of fused-ring (bicyclic) bond motifs is 3. The summed E-state index contributed by atoms with van der Waals surface area (Å²) in [6.07, 6.45) is 0.702. The summed E-state index contributed by atoms with van der Waals surface area (Å²) in [5.74, 6) is -4.52. The number of benzene rings is 1. The van der Waals surface area contributed by atoms with E-state index in [0.717, 1.165) is 0 Å². The van der Waals surface area contributed by atoms with E-state index in [9.17, 15) is 29.7 Å². The van der Waals surface area contributed by atoms with Gasteiger partial charge in [-0.1, -0.05) is 5.16 Å². The van der Waals surface area contributed by atoms with Crippen LogP contribution in [0.25, 0.3) is 5.76 Å². The quantitative estimate of drug-likeness (QED) is 0.259. The number of phenolic OH excluding ortho intramolecular Hbond substituents is 1. The Morgan fingerprint density at radius 1 is 1.11 bits per heavy atom. The normalized spacial score (nSPS) is 22.9. The summed E-state index contributed by atoms with van der Waals surface area (Å²) < 4.78 is 0. The van der Waals surface area contributed by atoms with E-state index in [1.807, 2.05) is 34.9 Å². The molecule has 212 valence electrons. The van der Waals surface area contributed by atoms with Crippen LogP contribution in [0.1, 0.15) is 67.0 Å². The van der Waals surface area contributed by atoms with Crippen molar-refractivity contribution in [2.24, 2.45) is 22.9 Å². The molecule has 38 heavy (non-hydrogen) atoms. The highest BCUT2D eigenvalue weighted by Crippen LogP contribution is 2.50. The molecule has 0 aliphatic heterocycles. The van der Waals surface area contributed by atoms with E-state index in [2.05, 4.69) is 10.5 Å². The number of carbonyl (C=O) groups is 3. The first-order chi connectivity index (χ1) is 17.2. The number of rotatable bonds is 3. The van der Waals surface area contributed by atoms with Crippen LogP contribution in [-0.2, 0) is 25.6 Å². The minimum absolute atomic E-state index is 0. The number of aliphatic hydroxyl groups excluding tert-OH is 2. The minimum atomic E-state index is -1.06. The van der Waals surface area contributed by atoms with Crippen LogP contribution < -0.4 is 5.32 Å². The largest absolute Gasteiger partial charge is 0.511 e. The molecule has 0 amide bonds. The van der Waals surface area contributed by atoms with Crippen molar-refractivity contribution in [1.29, 1.82) is 0 Å². The first-order valence-corrected chi connectivity index (χ1v) is 12.3. The SMILES string of the molecule is CC(=O)C1=C(O)C2C(=O)C3=C(O)c4c(O)ccc(/C(C)=N/OC(C)(C)C)c4CC3CC2CC1=O.CNC.O.[HH].[HH]. The molecule has 1 aromatic rings. The van der Waals surface area contributed by atoms with E-state index in [1.54, 1.807) is 13.0 Å². The first kappa shape index (κ1) is 30.7. The topological polar surface area (TPSA) is 177 Å². The maximum atomic E-state index is 13.5. The zero-order valence-corrected chi connectivity index (χ0v) is 22.9. The van der Waals surface area contributed by atoms with Crippen molar-refractivity contribution >= 4 is 28.8 Å². The van der Waals surface area contributed by atoms with Gasteiger partial charge in [0.15, 0.2) is 17.3 Å². The molecule has 4 rings (SSSR count). The Hall–Kier alpha value is -3.50. The highest BCUT2D eigenvalue weighted by atomic mass is 16.6. The lowest BCUT2D eigenvalue weighted by atomic mass is 9.61. The number of allylic oxidation sites excluding steroid dienone is 3. The van der Waals surface area contributed by atoms with E-state index in [-0.39, 0.29) is 43.0 Å². The summed E-state index contributed by atoms with van der Waals surface area (Å²) >= 11 is 0. The second-order valence-corrected chi connectivity index (χ2v) is 10.8. The summed E-state index contributed by atoms with van der Waals surface area (Å²) in [5, 5.41) is 39.4. The van der Waals surface area contributed by atoms with Crippen LogP contribution in [0.5, 0.6) is 5.75 Å². The lowest BCUT2D eigenvalue weighted by Gasteiger charge is -2.41. The molecule has 0 radical (unpaired) electrons. The maximum Gasteiger partial charge on any atom is 0.173 e. The molecule has 0 heterocycles. The molecule has 10 heteroatoms. The number of nitrogens with one attached hydrogen (secondary N) is 1. The number of oxime groups is 1. The Bertz CT molecular complexity index is 1250. The Balaban J connectivity index is 0.00000243. The molecule has 0 spiro atoms. The van der Waals surface area contributed by atoms with Crippen LogP contribution >= 0.6 is 0 Å². The number of ketones is 3. The van der Waals surface area contributed by atoms with Gasteiger partial charge in [0.05, 0.1) is 22.8 Å². The fourth-order valence-electron chi connectivity index (χ4n) is 5.35. The molecule has 10 nitrogen and oxygen atoms in total. The van der Waals surface area contributed by atoms with Crippen LogP contribution in [0.2, 0.25) is 0 Å². The summed E-state index contributed by atoms with van der Waals surface area (Å²) in [6, 6.07) is 3.13. The van der Waals surface area contributed by atoms with E-state index < -0.39 is 46.5 Å². The van der Waals surface area contributed by atoms with Crippen LogP contribution in [0.4, 0.5) is 0 Å². The monoisotopic (exact) mass is 534 g/mol. The number of phenols is 1. The van der Waals surface area contributed by atoms with Crippen molar-refractivity contribution in [2.75, 3.05) is 14.1 Å². The molecule has 1 fully saturated rings. The Labute approximate surface area is 225 Å². The molecule has 1 saturated carbocycles. The van der Waals surface area contributed by atoms with Crippen LogP contribution in [0.15, 0.2) is 34.2 Å². The van der Waals surface area contributed by atoms with E-state index in [0.29, 0.717) is 29.7 Å². The zero-order chi connectivity index (χ0) is 27.8. The molecular formula is C28H42N2O8. The van der Waals surface area contributed by atoms with Crippen molar-refractivity contribution in [1.82, 2.24) is 5.32 Å². The number of carbonyl (C=O) groups excluding carboxylic acids is 3. The van der Waals surface area contributed by atoms with Crippen LogP contribution in [-0.4, -0.2) is 63.6 Å². The molecule has 3 aliphatic rings. The van der Waals surface area contributed by atoms with Gasteiger partial charge in [0.2, 0.25) is 0 Å². The molecule has 0 aromatic heterocycles. The van der Waals surface area contributed by atoms with Gasteiger partial charge in [-0.3, -0.25) is 14.4 Å². The van der Waals surface area contributed by atoms with Gasteiger partial charge < -0.3 is 31.0 Å². The van der Waals surface area contributed by atoms with Gasteiger partial charge in [-0.15, -0.1) is 0 Å². The third-order valence-electron chi connectivity index (χ3n) is 6.72. The number of hydrogen-bond acceptors (Lipinski definition) is 9. The first-order valence-electron chi connectivity index (χ1n) is 12.3. The lowest BCUT2D eigenvalue weighted by molar-refractivity contribution is -0.127. The van der Waals surface area contributed by atoms with Crippen LogP contribution in [0, 0.1) is 17.8 Å². The molecule has 1 aromatic carbocycles. The second kappa shape index (κ2) is 11.5. The van der Waals surface area contributed by atoms with Gasteiger partial charge in [-0.05, 0) is 91.1 Å². The maximum absolute atomic E-state index is 13.5. The highest BCUT2D eigenvalue weighted by Gasteiger charge is 2.50. The molecule has 0 saturated heterocycles. The average Bonchev–Trinajstić information content (AvgIpc) is 2.76. The molecular weight excluding hydrogens is 492 g/mol. The second-order valence-electron chi connectivity index (χ2n) is 10.8. The molecule has 3 aliphatic carbocycles. The van der Waals surface area contributed by atoms with E-state index >= 15 is 0 Å².